The zero-order valence-corrected chi connectivity index (χ0v) is 52.2. The minimum atomic E-state index is 0. The van der Waals surface area contributed by atoms with Crippen LogP contribution >= 0.6 is 11.3 Å². The summed E-state index contributed by atoms with van der Waals surface area (Å²) >= 11 is 1.88. The fraction of sp³-hybridized carbons (Fsp3) is 0.565. The van der Waals surface area contributed by atoms with Crippen LogP contribution in [0.1, 0.15) is 313 Å². The fourth-order valence-corrected chi connectivity index (χ4v) is 9.85. The third-order valence-electron chi connectivity index (χ3n) is 12.8. The van der Waals surface area contributed by atoms with E-state index in [1.807, 2.05) is 60.7 Å². The van der Waals surface area contributed by atoms with Crippen molar-refractivity contribution in [3.63, 3.8) is 0 Å². The first-order valence-corrected chi connectivity index (χ1v) is 28.7. The Kier molecular flexibility index (Phi) is 31.5. The number of nitrogens with zero attached hydrogens (tertiary/aromatic N) is 4. The lowest BCUT2D eigenvalue weighted by molar-refractivity contribution is 0.577. The molecule has 0 aliphatic rings. The molecule has 74 heavy (non-hydrogen) atoms. The van der Waals surface area contributed by atoms with Gasteiger partial charge in [0, 0.05) is 53.4 Å². The van der Waals surface area contributed by atoms with Crippen LogP contribution in [0.3, 0.4) is 0 Å². The second kappa shape index (κ2) is 33.5. The highest BCUT2D eigenvalue weighted by atomic mass is 32.1. The van der Waals surface area contributed by atoms with Crippen molar-refractivity contribution in [2.24, 2.45) is 0 Å². The van der Waals surface area contributed by atoms with Gasteiger partial charge in [0.25, 0.3) is 0 Å². The molecule has 412 valence electrons. The van der Waals surface area contributed by atoms with Crippen LogP contribution in [0.15, 0.2) is 109 Å². The van der Waals surface area contributed by atoms with Crippen molar-refractivity contribution in [1.29, 1.82) is 0 Å². The molecule has 0 amide bonds. The number of pyridine rings is 4. The van der Waals surface area contributed by atoms with Gasteiger partial charge >= 0.3 is 0 Å². The van der Waals surface area contributed by atoms with E-state index in [0.717, 1.165) is 0 Å². The maximum Gasteiger partial charge on any atom is 0.0463 e. The van der Waals surface area contributed by atoms with Gasteiger partial charge in [0.05, 0.1) is 0 Å². The number of thiophene rings is 1. The Bertz CT molecular complexity index is 2080. The van der Waals surface area contributed by atoms with Gasteiger partial charge in [-0.05, 0) is 156 Å². The normalized spacial score (nSPS) is 11.4. The van der Waals surface area contributed by atoms with Crippen LogP contribution in [0.4, 0.5) is 0 Å². The van der Waals surface area contributed by atoms with Crippen molar-refractivity contribution in [2.75, 3.05) is 0 Å². The first-order valence-electron chi connectivity index (χ1n) is 27.8. The highest BCUT2D eigenvalue weighted by Crippen LogP contribution is 2.35. The van der Waals surface area contributed by atoms with Gasteiger partial charge in [0.2, 0.25) is 0 Å². The predicted octanol–water partition coefficient (Wildman–Crippen LogP) is 22.2. The van der Waals surface area contributed by atoms with Crippen molar-refractivity contribution in [3.05, 3.63) is 176 Å². The third kappa shape index (κ3) is 23.6. The zero-order valence-electron chi connectivity index (χ0n) is 51.4. The van der Waals surface area contributed by atoms with E-state index >= 15 is 0 Å². The predicted molar refractivity (Wildman–Crippen MR) is 333 cm³/mol. The standard InChI is InChI=1S/C13H20.4C11H17N.C11H18S.CH4/c1-10(2)11-8-6-7-9-12(11)13(3,4)5;2*1-8(2)10-5-6-12-7-11(10)9(3)4;2*1-8(2)10-6-5-7-12-11(10)9(3)4;1-8(2)10-9(6-7-12-10)11(3,4)5;/h6-10H,1-5H3;4*5-9H,1-4H3;6-8H,1-5H3;1H4. The van der Waals surface area contributed by atoms with Crippen LogP contribution in [0.25, 0.3) is 0 Å². The minimum Gasteiger partial charge on any atom is -0.264 e. The molecule has 4 nitrogen and oxygen atoms in total. The summed E-state index contributed by atoms with van der Waals surface area (Å²) in [4.78, 5) is 18.6. The maximum atomic E-state index is 4.40. The summed E-state index contributed by atoms with van der Waals surface area (Å²) in [5, 5.41) is 2.20. The number of aromatic nitrogens is 4. The van der Waals surface area contributed by atoms with Crippen molar-refractivity contribution in [3.8, 4) is 0 Å². The van der Waals surface area contributed by atoms with E-state index in [4.69, 9.17) is 0 Å². The van der Waals surface area contributed by atoms with E-state index in [9.17, 15) is 0 Å². The van der Waals surface area contributed by atoms with Crippen molar-refractivity contribution in [2.45, 2.75) is 257 Å². The summed E-state index contributed by atoms with van der Waals surface area (Å²) < 4.78 is 0. The van der Waals surface area contributed by atoms with Crippen molar-refractivity contribution >= 4 is 11.3 Å². The Hall–Kier alpha value is -4.48. The molecule has 0 radical (unpaired) electrons. The van der Waals surface area contributed by atoms with Gasteiger partial charge in [-0.2, -0.15) is 0 Å². The van der Waals surface area contributed by atoms with Gasteiger partial charge in [0.15, 0.2) is 0 Å². The molecule has 6 rings (SSSR count). The smallest absolute Gasteiger partial charge is 0.0463 e. The number of benzene rings is 1. The molecule has 0 bridgehead atoms. The van der Waals surface area contributed by atoms with Crippen LogP contribution in [-0.2, 0) is 10.8 Å². The van der Waals surface area contributed by atoms with Crippen LogP contribution in [0, 0.1) is 0 Å². The second-order valence-corrected chi connectivity index (χ2v) is 25.7. The molecule has 0 unspecified atom stereocenters. The van der Waals surface area contributed by atoms with Crippen LogP contribution in [0.5, 0.6) is 0 Å². The highest BCUT2D eigenvalue weighted by Gasteiger charge is 2.21. The summed E-state index contributed by atoms with van der Waals surface area (Å²) in [6.07, 6.45) is 11.5. The summed E-state index contributed by atoms with van der Waals surface area (Å²) in [5.41, 5.74) is 15.9. The zero-order chi connectivity index (χ0) is 56.0. The van der Waals surface area contributed by atoms with E-state index in [1.165, 1.54) is 61.5 Å². The van der Waals surface area contributed by atoms with Crippen LogP contribution in [-0.4, -0.2) is 19.9 Å². The summed E-state index contributed by atoms with van der Waals surface area (Å²) in [7, 11) is 0. The first-order chi connectivity index (χ1) is 33.9. The summed E-state index contributed by atoms with van der Waals surface area (Å²) in [5.74, 6) is 5.87. The molecule has 5 heterocycles. The van der Waals surface area contributed by atoms with Gasteiger partial charge in [0.1, 0.15) is 0 Å². The Balaban J connectivity index is 0.000000862. The quantitative estimate of drug-likeness (QED) is 0.137. The van der Waals surface area contributed by atoms with Gasteiger partial charge in [-0.3, -0.25) is 19.9 Å². The lowest BCUT2D eigenvalue weighted by Crippen LogP contribution is -2.14. The average molecular weight is 1030 g/mol. The van der Waals surface area contributed by atoms with Crippen LogP contribution < -0.4 is 0 Å². The topological polar surface area (TPSA) is 51.6 Å². The molecule has 5 aromatic heterocycles. The van der Waals surface area contributed by atoms with Crippen molar-refractivity contribution < 1.29 is 0 Å². The minimum absolute atomic E-state index is 0. The third-order valence-corrected chi connectivity index (χ3v) is 14.0. The SMILES string of the molecule is C.CC(C)c1ccccc1C(C)(C)C.CC(C)c1cccnc1C(C)C.CC(C)c1cccnc1C(C)C.CC(C)c1ccncc1C(C)C.CC(C)c1ccncc1C(C)C.CC(C)c1sccc1C(C)(C)C. The molecule has 6 aromatic rings. The highest BCUT2D eigenvalue weighted by molar-refractivity contribution is 7.10. The summed E-state index contributed by atoms with van der Waals surface area (Å²) in [6, 6.07) is 23.6. The molecule has 0 atom stereocenters. The Morgan fingerprint density at radius 1 is 0.324 bits per heavy atom. The molecule has 0 N–H and O–H groups in total. The Morgan fingerprint density at radius 3 is 0.919 bits per heavy atom. The maximum absolute atomic E-state index is 4.40. The first kappa shape index (κ1) is 69.5. The molecule has 1 aromatic carbocycles. The molecule has 0 spiro atoms. The van der Waals surface area contributed by atoms with Gasteiger partial charge in [-0.1, -0.05) is 224 Å². The van der Waals surface area contributed by atoms with E-state index < -0.39 is 0 Å². The largest absolute Gasteiger partial charge is 0.264 e. The van der Waals surface area contributed by atoms with E-state index in [2.05, 4.69) is 260 Å². The van der Waals surface area contributed by atoms with Crippen molar-refractivity contribution in [1.82, 2.24) is 19.9 Å². The molecule has 0 aliphatic heterocycles. The Morgan fingerprint density at radius 2 is 0.662 bits per heavy atom. The Labute approximate surface area is 462 Å². The van der Waals surface area contributed by atoms with E-state index in [1.54, 1.807) is 4.88 Å². The van der Waals surface area contributed by atoms with Gasteiger partial charge < -0.3 is 0 Å². The molecule has 0 saturated carbocycles. The number of hydrogen-bond donors (Lipinski definition) is 0. The molecular weight excluding hydrogens is 917 g/mol. The van der Waals surface area contributed by atoms with Crippen LogP contribution in [0.2, 0.25) is 0 Å². The molecular formula is C69H110N4S. The number of rotatable bonds is 10. The molecule has 0 aliphatic carbocycles. The van der Waals surface area contributed by atoms with Gasteiger partial charge in [-0.25, -0.2) is 0 Å². The molecule has 0 saturated heterocycles. The van der Waals surface area contributed by atoms with Gasteiger partial charge in [-0.15, -0.1) is 11.3 Å². The lowest BCUT2D eigenvalue weighted by atomic mass is 9.81. The monoisotopic (exact) mass is 1030 g/mol. The van der Waals surface area contributed by atoms with E-state index in [-0.39, 0.29) is 12.8 Å². The molecule has 0 fully saturated rings. The summed E-state index contributed by atoms with van der Waals surface area (Å²) in [6.45, 7) is 58.0. The lowest BCUT2D eigenvalue weighted by Gasteiger charge is -2.24. The van der Waals surface area contributed by atoms with E-state index in [0.29, 0.717) is 64.6 Å². The fourth-order valence-electron chi connectivity index (χ4n) is 8.72. The average Bonchev–Trinajstić information content (AvgIpc) is 3.85. The second-order valence-electron chi connectivity index (χ2n) is 24.8. The molecule has 5 heteroatoms. The number of hydrogen-bond acceptors (Lipinski definition) is 5.